The molecule has 0 aromatic heterocycles. The number of likely N-dealkylation sites (tertiary alicyclic amines) is 2. The van der Waals surface area contributed by atoms with Crippen molar-refractivity contribution < 1.29 is 114 Å². The first-order chi connectivity index (χ1) is 66.4. The predicted molar refractivity (Wildman–Crippen MR) is 561 cm³/mol. The number of nitrogens with zero attached hydrogens (tertiary/aromatic N) is 3. The molecule has 26 nitrogen and oxygen atoms in total. The van der Waals surface area contributed by atoms with Gasteiger partial charge in [0.05, 0.1) is 68.6 Å². The number of rotatable bonds is 19. The number of hydrogen-bond donors (Lipinski definition) is 13. The van der Waals surface area contributed by atoms with Gasteiger partial charge in [0.15, 0.2) is 6.29 Å². The lowest BCUT2D eigenvalue weighted by Crippen LogP contribution is -2.33. The second-order valence-corrected chi connectivity index (χ2v) is 45.1. The number of carbonyl (C=O) groups excluding carboxylic acids is 6. The van der Waals surface area contributed by atoms with Gasteiger partial charge in [0.1, 0.15) is 6.73 Å². The van der Waals surface area contributed by atoms with E-state index in [-0.39, 0.29) is 109 Å². The molecule has 13 N–H and O–H groups in total. The molecule has 830 valence electrons. The molecule has 6 amide bonds. The summed E-state index contributed by atoms with van der Waals surface area (Å²) in [5.74, 6) is 14.9. The Morgan fingerprint density at radius 3 is 1.06 bits per heavy atom. The summed E-state index contributed by atoms with van der Waals surface area (Å²) in [5, 5.41) is 109. The van der Waals surface area contributed by atoms with Crippen molar-refractivity contribution in [3.8, 4) is 0 Å². The maximum atomic E-state index is 11.3. The Kier molecular flexibility index (Phi) is 73.7. The Balaban J connectivity index is 0.00000149. The van der Waals surface area contributed by atoms with Crippen molar-refractivity contribution in [1.82, 2.24) is 14.9 Å². The highest BCUT2D eigenvalue weighted by Crippen LogP contribution is 2.57. The van der Waals surface area contributed by atoms with Crippen LogP contribution in [0.5, 0.6) is 0 Å². The average molecular weight is 2000 g/mol. The Morgan fingerprint density at radius 1 is 0.364 bits per heavy atom. The van der Waals surface area contributed by atoms with Crippen LogP contribution in [0.25, 0.3) is 0 Å². The van der Waals surface area contributed by atoms with Gasteiger partial charge in [-0.15, -0.1) is 0 Å². The molecule has 6 saturated heterocycles. The van der Waals surface area contributed by atoms with Crippen LogP contribution < -0.4 is 0 Å². The van der Waals surface area contributed by atoms with Gasteiger partial charge in [0.2, 0.25) is 23.6 Å². The molecule has 9 saturated carbocycles. The van der Waals surface area contributed by atoms with Crippen molar-refractivity contribution in [3.63, 3.8) is 0 Å². The van der Waals surface area contributed by atoms with E-state index in [0.29, 0.717) is 85.8 Å². The molecule has 6 aliphatic heterocycles. The Labute approximate surface area is 853 Å². The number of hydroxylamine groups is 2. The summed E-state index contributed by atoms with van der Waals surface area (Å²) < 4.78 is 22.2. The fourth-order valence-corrected chi connectivity index (χ4v) is 23.1. The van der Waals surface area contributed by atoms with E-state index < -0.39 is 24.8 Å². The highest BCUT2D eigenvalue weighted by molar-refractivity contribution is 6.05. The van der Waals surface area contributed by atoms with Crippen LogP contribution in [0.15, 0.2) is 0 Å². The zero-order chi connectivity index (χ0) is 107. The van der Waals surface area contributed by atoms with Crippen LogP contribution in [0.2, 0.25) is 0 Å². The standard InChI is InChI=1S/C11H20O.C11H22.C10H18O.C10H20O.C10H20.C9H18O2.C9H16O.C8H13NO3.C8H16O2.C7H11NO3.C7H14O2.C6H9NO3.C5H12O.3CH4O/c1-7-8(2)11-6-10(7)5-9(11)3-4-12;1-3-10(2)9-11-7-5-4-6-8-11;1-6-7(2)10-4-8(6)3-9(10)5-11;1-3-9(2)11-10-7-5-4-6-8-10;1-3-9(2)10-7-5-4-6-8-10;1-7-3-4-9(5-6-10)11-8(7)2;1-5-6(2)8-3-7(5)4-9(8)10;1-5-6(2)8(12)9(3-4-10)7(5)11;1-6-3-4-8(5-9)10-7(6)2;1-4-5(2)7(11)8(3-9)6(4)10;1-5-3-4-7(8)9-6(5)2;1-3-4(2)6(9)7(10)5(3)8;1-3-5(2)4-6;3*1-2/h7-12H,3-6H2,1-2H3;10-11H,3-9H2,1-2H3;6-11H,3-5H2,1-2H3;9-10H,3-8H2,1-2H3;9-10H,3-8H2,1-2H3;7-10H,3-6H2,1-2H3;5-10H,3-4H2,1-2H3;5-6,10H,3-4H2,1-2H3;6-9H,3-5H2,1-2H3;4-5,9H,3H2,1-2H3;5-8H,3-4H2,1-2H3;3-4,10H,1-2H3;5-6H,3-4H2,1-2H3;3*2H,1H3. The summed E-state index contributed by atoms with van der Waals surface area (Å²) in [4.78, 5) is 68.4. The van der Waals surface area contributed by atoms with Crippen LogP contribution in [0, 0.1) is 166 Å². The van der Waals surface area contributed by atoms with E-state index in [1.54, 1.807) is 41.5 Å². The van der Waals surface area contributed by atoms with Crippen LogP contribution in [0.4, 0.5) is 0 Å². The first kappa shape index (κ1) is 137. The van der Waals surface area contributed by atoms with E-state index in [2.05, 4.69) is 125 Å². The van der Waals surface area contributed by atoms with Crippen LogP contribution in [-0.4, -0.2) is 246 Å². The van der Waals surface area contributed by atoms with Gasteiger partial charge in [0.25, 0.3) is 11.8 Å². The van der Waals surface area contributed by atoms with Gasteiger partial charge in [-0.2, -0.15) is 5.06 Å². The molecule has 34 atom stereocenters. The zero-order valence-electron chi connectivity index (χ0n) is 94.3. The van der Waals surface area contributed by atoms with E-state index in [1.165, 1.54) is 161 Å². The molecule has 0 aromatic carbocycles. The molecule has 15 aliphatic rings. The van der Waals surface area contributed by atoms with Crippen molar-refractivity contribution in [2.45, 2.75) is 453 Å². The first-order valence-electron chi connectivity index (χ1n) is 56.2. The van der Waals surface area contributed by atoms with Crippen molar-refractivity contribution in [3.05, 3.63) is 0 Å². The molecule has 34 unspecified atom stereocenters. The van der Waals surface area contributed by atoms with Crippen molar-refractivity contribution in [2.24, 2.45) is 166 Å². The topological polar surface area (TPSA) is 412 Å². The van der Waals surface area contributed by atoms with E-state index in [0.717, 1.165) is 184 Å². The summed E-state index contributed by atoms with van der Waals surface area (Å²) in [5.41, 5.74) is 0. The molecular formula is C114H221N3O23. The number of imide groups is 3. The van der Waals surface area contributed by atoms with Crippen molar-refractivity contribution in [2.75, 3.05) is 74.2 Å². The lowest BCUT2D eigenvalue weighted by Gasteiger charge is -2.32. The number of amides is 6. The average Bonchev–Trinajstić information content (AvgIpc) is 1.63. The normalized spacial score (nSPS) is 35.7. The second kappa shape index (κ2) is 75.4. The van der Waals surface area contributed by atoms with Gasteiger partial charge in [-0.25, -0.2) is 0 Å². The Morgan fingerprint density at radius 2 is 0.743 bits per heavy atom. The van der Waals surface area contributed by atoms with E-state index in [4.69, 9.17) is 80.3 Å². The van der Waals surface area contributed by atoms with Gasteiger partial charge in [-0.05, 0) is 273 Å². The third kappa shape index (κ3) is 46.1. The third-order valence-corrected chi connectivity index (χ3v) is 36.0. The predicted octanol–water partition coefficient (Wildman–Crippen LogP) is 19.6. The van der Waals surface area contributed by atoms with E-state index in [9.17, 15) is 33.9 Å². The molecule has 15 rings (SSSR count). The Hall–Kier alpha value is -3.26. The fourth-order valence-electron chi connectivity index (χ4n) is 23.1. The third-order valence-electron chi connectivity index (χ3n) is 36.0. The number of aliphatic hydroxyl groups is 12. The SMILES string of the molecule is CC1C(=O)N(CCO)C(=O)C1C.CC1C(=O)N(CO)C(=O)C1C.CC1C(=O)N(O)C(=O)C1C.CC1C2CC(CCO)C(C2)C1C.CC1C2CC(CO)C(C2)C1C.CC1C2CC(O)C(C2)C1C.CC1CCC(CCO)OC1C.CC1CCC(CO)OC1C.CC1CCC(O)OC1C.CCC(C)C1CCCCC1.CCC(C)CC1CCCCC1.CCC(C)CO.CCC(C)OC1CCCCC1.CO.CO.CO. The minimum absolute atomic E-state index is 0.0381. The highest BCUT2D eigenvalue weighted by Gasteiger charge is 2.51. The van der Waals surface area contributed by atoms with Crippen LogP contribution in [0.3, 0.4) is 0 Å². The zero-order valence-corrected chi connectivity index (χ0v) is 94.3. The Bertz CT molecular complexity index is 3060. The summed E-state index contributed by atoms with van der Waals surface area (Å²) in [6.45, 7) is 56.0. The summed E-state index contributed by atoms with van der Waals surface area (Å²) >= 11 is 0. The largest absolute Gasteiger partial charge is 0.400 e. The van der Waals surface area contributed by atoms with Crippen molar-refractivity contribution >= 4 is 35.4 Å². The second-order valence-electron chi connectivity index (χ2n) is 45.1. The number of fused-ring (bicyclic) bond motifs is 6. The molecule has 9 aliphatic carbocycles. The summed E-state index contributed by atoms with van der Waals surface area (Å²) in [6, 6.07) is 0. The number of hydrogen-bond acceptors (Lipinski definition) is 23. The molecule has 0 radical (unpaired) electrons. The number of β-amino-alcohol motifs (C(OH)–C–C–N with tert-alkyl or cyclic N) is 1. The van der Waals surface area contributed by atoms with Crippen molar-refractivity contribution in [1.29, 1.82) is 0 Å². The lowest BCUT2D eigenvalue weighted by atomic mass is 9.75. The number of carbonyl (C=O) groups is 6. The summed E-state index contributed by atoms with van der Waals surface area (Å²) in [7, 11) is 3.00. The van der Waals surface area contributed by atoms with Crippen LogP contribution >= 0.6 is 0 Å². The van der Waals surface area contributed by atoms with E-state index in [1.807, 2.05) is 13.8 Å². The van der Waals surface area contributed by atoms with Crippen LogP contribution in [-0.2, 0) is 47.7 Å². The highest BCUT2D eigenvalue weighted by atomic mass is 16.6. The lowest BCUT2D eigenvalue weighted by molar-refractivity contribution is -0.173. The molecule has 6 bridgehead atoms. The number of ether oxygens (including phenoxy) is 4. The molecular weight excluding hydrogens is 1780 g/mol. The number of aliphatic hydroxyl groups excluding tert-OH is 12. The molecule has 0 spiro atoms. The molecule has 0 aromatic rings. The van der Waals surface area contributed by atoms with Crippen LogP contribution in [0.1, 0.15) is 398 Å². The van der Waals surface area contributed by atoms with E-state index >= 15 is 0 Å². The minimum atomic E-state index is -0.504. The quantitative estimate of drug-likeness (QED) is 0.0422. The maximum Gasteiger partial charge on any atom is 0.256 e. The van der Waals surface area contributed by atoms with Gasteiger partial charge >= 0.3 is 0 Å². The maximum absolute atomic E-state index is 11.3. The first-order valence-corrected chi connectivity index (χ1v) is 56.2. The van der Waals surface area contributed by atoms with Gasteiger partial charge in [-0.3, -0.25) is 43.8 Å². The van der Waals surface area contributed by atoms with Gasteiger partial charge in [-0.1, -0.05) is 255 Å². The summed E-state index contributed by atoms with van der Waals surface area (Å²) in [6.07, 6.45) is 46.4. The molecule has 140 heavy (non-hydrogen) atoms. The van der Waals surface area contributed by atoms with Gasteiger partial charge in [0, 0.05) is 83.3 Å². The molecule has 6 heterocycles. The molecule has 26 heteroatoms. The minimum Gasteiger partial charge on any atom is -0.400 e. The fraction of sp³-hybridized carbons (Fsp3) is 0.947. The molecule has 15 fully saturated rings. The monoisotopic (exact) mass is 2000 g/mol. The smallest absolute Gasteiger partial charge is 0.256 e. The van der Waals surface area contributed by atoms with Gasteiger partial charge < -0.3 is 80.2 Å².